The van der Waals surface area contributed by atoms with Crippen LogP contribution >= 0.6 is 11.6 Å². The lowest BCUT2D eigenvalue weighted by atomic mass is 9.91. The quantitative estimate of drug-likeness (QED) is 0.789. The summed E-state index contributed by atoms with van der Waals surface area (Å²) in [4.78, 5) is 0.155. The molecular formula is C14H23ClN2O2S. The number of benzene rings is 1. The standard InChI is InChI=1S/C14H23ClN2O2S/c1-5-14(6-2,7-3)17-20(18,19)13-9-11(15)8-12(16)10(13)4/h8-9,17H,5-7,16H2,1-4H3. The molecule has 0 bridgehead atoms. The van der Waals surface area contributed by atoms with Crippen molar-refractivity contribution in [3.05, 3.63) is 22.7 Å². The second-order valence-corrected chi connectivity index (χ2v) is 7.15. The minimum absolute atomic E-state index is 0.155. The van der Waals surface area contributed by atoms with E-state index in [1.807, 2.05) is 20.8 Å². The predicted molar refractivity (Wildman–Crippen MR) is 84.5 cm³/mol. The molecule has 1 aromatic rings. The molecule has 0 spiro atoms. The fourth-order valence-corrected chi connectivity index (χ4v) is 4.47. The van der Waals surface area contributed by atoms with Crippen LogP contribution in [0.15, 0.2) is 17.0 Å². The first-order valence-corrected chi connectivity index (χ1v) is 8.67. The summed E-state index contributed by atoms with van der Waals surface area (Å²) in [5.74, 6) is 0. The van der Waals surface area contributed by atoms with E-state index in [0.717, 1.165) is 19.3 Å². The van der Waals surface area contributed by atoms with Crippen molar-refractivity contribution in [2.24, 2.45) is 0 Å². The Bertz CT molecular complexity index is 573. The minimum atomic E-state index is -3.64. The molecule has 0 aliphatic carbocycles. The highest BCUT2D eigenvalue weighted by atomic mass is 35.5. The van der Waals surface area contributed by atoms with Gasteiger partial charge in [0.05, 0.1) is 4.90 Å². The summed E-state index contributed by atoms with van der Waals surface area (Å²) in [6.45, 7) is 7.63. The van der Waals surface area contributed by atoms with Crippen LogP contribution in [0.25, 0.3) is 0 Å². The van der Waals surface area contributed by atoms with Gasteiger partial charge in [0.25, 0.3) is 0 Å². The van der Waals surface area contributed by atoms with Crippen LogP contribution in [0.3, 0.4) is 0 Å². The van der Waals surface area contributed by atoms with Crippen molar-refractivity contribution in [3.63, 3.8) is 0 Å². The number of nitrogens with one attached hydrogen (secondary N) is 1. The second kappa shape index (κ2) is 6.33. The highest BCUT2D eigenvalue weighted by Crippen LogP contribution is 2.29. The molecule has 0 radical (unpaired) electrons. The molecule has 0 aromatic heterocycles. The van der Waals surface area contributed by atoms with E-state index in [1.54, 1.807) is 13.0 Å². The summed E-state index contributed by atoms with van der Waals surface area (Å²) in [7, 11) is -3.64. The largest absolute Gasteiger partial charge is 0.398 e. The monoisotopic (exact) mass is 318 g/mol. The van der Waals surface area contributed by atoms with Crippen molar-refractivity contribution < 1.29 is 8.42 Å². The first-order chi connectivity index (χ1) is 9.21. The molecule has 0 amide bonds. The van der Waals surface area contributed by atoms with Gasteiger partial charge in [0, 0.05) is 16.2 Å². The third kappa shape index (κ3) is 3.45. The minimum Gasteiger partial charge on any atom is -0.398 e. The molecule has 0 unspecified atom stereocenters. The zero-order valence-corrected chi connectivity index (χ0v) is 14.0. The number of sulfonamides is 1. The second-order valence-electron chi connectivity index (χ2n) is 5.06. The van der Waals surface area contributed by atoms with E-state index in [0.29, 0.717) is 16.3 Å². The Kier molecular flexibility index (Phi) is 5.46. The van der Waals surface area contributed by atoms with Crippen molar-refractivity contribution in [2.45, 2.75) is 57.4 Å². The summed E-state index contributed by atoms with van der Waals surface area (Å²) >= 11 is 5.93. The highest BCUT2D eigenvalue weighted by Gasteiger charge is 2.31. The maximum Gasteiger partial charge on any atom is 0.241 e. The SMILES string of the molecule is CCC(CC)(CC)NS(=O)(=O)c1cc(Cl)cc(N)c1C. The highest BCUT2D eigenvalue weighted by molar-refractivity contribution is 7.89. The van der Waals surface area contributed by atoms with Gasteiger partial charge < -0.3 is 5.73 Å². The average Bonchev–Trinajstić information content (AvgIpc) is 2.40. The van der Waals surface area contributed by atoms with Crippen LogP contribution in [0, 0.1) is 6.92 Å². The molecule has 6 heteroatoms. The maximum atomic E-state index is 12.6. The first-order valence-electron chi connectivity index (χ1n) is 6.81. The summed E-state index contributed by atoms with van der Waals surface area (Å²) in [6.07, 6.45) is 2.19. The van der Waals surface area contributed by atoms with E-state index in [9.17, 15) is 8.42 Å². The Morgan fingerprint density at radius 3 is 2.15 bits per heavy atom. The Hall–Kier alpha value is -0.780. The van der Waals surface area contributed by atoms with Crippen molar-refractivity contribution >= 4 is 27.3 Å². The molecule has 4 nitrogen and oxygen atoms in total. The van der Waals surface area contributed by atoms with E-state index in [2.05, 4.69) is 4.72 Å². The number of halogens is 1. The van der Waals surface area contributed by atoms with Gasteiger partial charge in [-0.1, -0.05) is 32.4 Å². The molecule has 0 aliphatic rings. The van der Waals surface area contributed by atoms with E-state index in [1.165, 1.54) is 6.07 Å². The lowest BCUT2D eigenvalue weighted by Crippen LogP contribution is -2.47. The molecular weight excluding hydrogens is 296 g/mol. The van der Waals surface area contributed by atoms with E-state index in [4.69, 9.17) is 17.3 Å². The topological polar surface area (TPSA) is 72.2 Å². The Morgan fingerprint density at radius 1 is 1.20 bits per heavy atom. The molecule has 3 N–H and O–H groups in total. The fraction of sp³-hybridized carbons (Fsp3) is 0.571. The summed E-state index contributed by atoms with van der Waals surface area (Å²) in [5.41, 5.74) is 6.28. The average molecular weight is 319 g/mol. The van der Waals surface area contributed by atoms with Crippen LogP contribution in [0.4, 0.5) is 5.69 Å². The number of hydrogen-bond donors (Lipinski definition) is 2. The van der Waals surface area contributed by atoms with Crippen molar-refractivity contribution in [1.29, 1.82) is 0 Å². The molecule has 0 saturated heterocycles. The summed E-state index contributed by atoms with van der Waals surface area (Å²) in [5, 5.41) is 0.323. The Morgan fingerprint density at radius 2 is 1.70 bits per heavy atom. The van der Waals surface area contributed by atoms with Crippen LogP contribution in [-0.2, 0) is 10.0 Å². The van der Waals surface area contributed by atoms with Crippen LogP contribution in [0.5, 0.6) is 0 Å². The molecule has 0 atom stereocenters. The van der Waals surface area contributed by atoms with Gasteiger partial charge in [-0.2, -0.15) is 0 Å². The molecule has 1 rings (SSSR count). The number of hydrogen-bond acceptors (Lipinski definition) is 3. The lowest BCUT2D eigenvalue weighted by molar-refractivity contribution is 0.341. The number of nitrogen functional groups attached to an aromatic ring is 1. The van der Waals surface area contributed by atoms with Gasteiger partial charge in [-0.05, 0) is 43.9 Å². The third-order valence-electron chi connectivity index (χ3n) is 4.04. The molecule has 114 valence electrons. The molecule has 0 heterocycles. The van der Waals surface area contributed by atoms with Crippen molar-refractivity contribution in [1.82, 2.24) is 4.72 Å². The van der Waals surface area contributed by atoms with Gasteiger partial charge in [-0.3, -0.25) is 0 Å². The van der Waals surface area contributed by atoms with E-state index >= 15 is 0 Å². The molecule has 1 aromatic carbocycles. The van der Waals surface area contributed by atoms with Gasteiger partial charge >= 0.3 is 0 Å². The Labute approximate surface area is 126 Å². The van der Waals surface area contributed by atoms with Gasteiger partial charge in [-0.15, -0.1) is 0 Å². The lowest BCUT2D eigenvalue weighted by Gasteiger charge is -2.31. The third-order valence-corrected chi connectivity index (χ3v) is 5.96. The van der Waals surface area contributed by atoms with E-state index < -0.39 is 15.6 Å². The van der Waals surface area contributed by atoms with Crippen LogP contribution in [0.1, 0.15) is 45.6 Å². The maximum absolute atomic E-state index is 12.6. The zero-order chi connectivity index (χ0) is 15.6. The van der Waals surface area contributed by atoms with Gasteiger partial charge in [0.15, 0.2) is 0 Å². The number of rotatable bonds is 6. The predicted octanol–water partition coefficient (Wildman–Crippen LogP) is 3.48. The summed E-state index contributed by atoms with van der Waals surface area (Å²) in [6, 6.07) is 3.00. The smallest absolute Gasteiger partial charge is 0.241 e. The van der Waals surface area contributed by atoms with Crippen LogP contribution in [-0.4, -0.2) is 14.0 Å². The normalized spacial score (nSPS) is 12.7. The van der Waals surface area contributed by atoms with Gasteiger partial charge in [-0.25, -0.2) is 13.1 Å². The number of anilines is 1. The van der Waals surface area contributed by atoms with Gasteiger partial charge in [0.2, 0.25) is 10.0 Å². The molecule has 0 fully saturated rings. The number of nitrogens with two attached hydrogens (primary N) is 1. The summed E-state index contributed by atoms with van der Waals surface area (Å²) < 4.78 is 28.1. The Balaban J connectivity index is 3.31. The first kappa shape index (κ1) is 17.3. The zero-order valence-electron chi connectivity index (χ0n) is 12.5. The van der Waals surface area contributed by atoms with Crippen LogP contribution in [0.2, 0.25) is 5.02 Å². The molecule has 20 heavy (non-hydrogen) atoms. The molecule has 0 saturated carbocycles. The fourth-order valence-electron chi connectivity index (χ4n) is 2.26. The van der Waals surface area contributed by atoms with E-state index in [-0.39, 0.29) is 4.90 Å². The van der Waals surface area contributed by atoms with Crippen molar-refractivity contribution in [3.8, 4) is 0 Å². The van der Waals surface area contributed by atoms with Crippen molar-refractivity contribution in [2.75, 3.05) is 5.73 Å². The molecule has 0 aliphatic heterocycles. The van der Waals surface area contributed by atoms with Crippen LogP contribution < -0.4 is 10.5 Å². The van der Waals surface area contributed by atoms with Gasteiger partial charge in [0.1, 0.15) is 0 Å².